The lowest BCUT2D eigenvalue weighted by molar-refractivity contribution is -0.116. The van der Waals surface area contributed by atoms with Gasteiger partial charge in [-0.05, 0) is 12.1 Å². The second-order valence-electron chi connectivity index (χ2n) is 3.49. The minimum absolute atomic E-state index is 0.0746. The normalized spacial score (nSPS) is 10.3. The fourth-order valence-corrected chi connectivity index (χ4v) is 2.32. The largest absolute Gasteiger partial charge is 0.323 e. The summed E-state index contributed by atoms with van der Waals surface area (Å²) < 4.78 is 1.54. The van der Waals surface area contributed by atoms with Gasteiger partial charge in [0.1, 0.15) is 6.54 Å². The zero-order valence-electron chi connectivity index (χ0n) is 9.11. The molecule has 0 aliphatic rings. The van der Waals surface area contributed by atoms with Crippen molar-refractivity contribution in [3.63, 3.8) is 0 Å². The molecule has 1 aromatic carbocycles. The van der Waals surface area contributed by atoms with Gasteiger partial charge in [-0.3, -0.25) is 10.2 Å². The van der Waals surface area contributed by atoms with Gasteiger partial charge in [0.2, 0.25) is 5.91 Å². The number of amides is 1. The van der Waals surface area contributed by atoms with Crippen LogP contribution in [-0.4, -0.2) is 10.5 Å². The summed E-state index contributed by atoms with van der Waals surface area (Å²) in [6.07, 6.45) is 1.69. The zero-order chi connectivity index (χ0) is 13.1. The third-order valence-electron chi connectivity index (χ3n) is 2.22. The Morgan fingerprint density at radius 2 is 2.22 bits per heavy atom. The average molecular weight is 302 g/mol. The highest BCUT2D eigenvalue weighted by Gasteiger charge is 2.09. The van der Waals surface area contributed by atoms with Crippen LogP contribution in [0.25, 0.3) is 0 Å². The van der Waals surface area contributed by atoms with Gasteiger partial charge in [-0.2, -0.15) is 0 Å². The standard InChI is InChI=1S/C11H9Cl2N3OS/c12-7-2-1-3-8(10(7)13)15-9(17)6-16-4-5-18-11(16)14/h1-5,14H,6H2,(H,15,17). The zero-order valence-corrected chi connectivity index (χ0v) is 11.4. The van der Waals surface area contributed by atoms with Gasteiger partial charge in [-0.1, -0.05) is 29.3 Å². The van der Waals surface area contributed by atoms with E-state index in [9.17, 15) is 4.79 Å². The lowest BCUT2D eigenvalue weighted by atomic mass is 10.3. The number of thiazole rings is 1. The number of nitrogens with one attached hydrogen (secondary N) is 2. The topological polar surface area (TPSA) is 57.9 Å². The highest BCUT2D eigenvalue weighted by molar-refractivity contribution is 7.06. The number of hydrogen-bond donors (Lipinski definition) is 2. The van der Waals surface area contributed by atoms with Crippen LogP contribution in [0, 0.1) is 5.41 Å². The fourth-order valence-electron chi connectivity index (χ4n) is 1.37. The van der Waals surface area contributed by atoms with Gasteiger partial charge in [0.15, 0.2) is 4.80 Å². The first-order chi connectivity index (χ1) is 8.58. The molecule has 1 aromatic heterocycles. The SMILES string of the molecule is N=c1sccn1CC(=O)Nc1cccc(Cl)c1Cl. The molecule has 0 saturated carbocycles. The number of benzene rings is 1. The number of carbonyl (C=O) groups is 1. The molecule has 0 aliphatic carbocycles. The fraction of sp³-hybridized carbons (Fsp3) is 0.0909. The van der Waals surface area contributed by atoms with Crippen LogP contribution in [0.1, 0.15) is 0 Å². The molecule has 0 fully saturated rings. The first kappa shape index (κ1) is 13.1. The molecule has 1 heterocycles. The second kappa shape index (κ2) is 5.56. The summed E-state index contributed by atoms with van der Waals surface area (Å²) in [7, 11) is 0. The van der Waals surface area contributed by atoms with Gasteiger partial charge in [0.25, 0.3) is 0 Å². The van der Waals surface area contributed by atoms with Crippen LogP contribution in [0.5, 0.6) is 0 Å². The van der Waals surface area contributed by atoms with Crippen LogP contribution in [0.2, 0.25) is 10.0 Å². The van der Waals surface area contributed by atoms with Crippen LogP contribution < -0.4 is 10.1 Å². The summed E-state index contributed by atoms with van der Waals surface area (Å²) in [5.74, 6) is -0.254. The van der Waals surface area contributed by atoms with Crippen molar-refractivity contribution in [1.82, 2.24) is 4.57 Å². The molecule has 0 saturated heterocycles. The van der Waals surface area contributed by atoms with Crippen LogP contribution in [0.15, 0.2) is 29.8 Å². The molecule has 0 atom stereocenters. The highest BCUT2D eigenvalue weighted by atomic mass is 35.5. The second-order valence-corrected chi connectivity index (χ2v) is 5.17. The molecule has 4 nitrogen and oxygen atoms in total. The van der Waals surface area contributed by atoms with Crippen molar-refractivity contribution >= 4 is 46.1 Å². The van der Waals surface area contributed by atoms with Gasteiger partial charge >= 0.3 is 0 Å². The number of nitrogens with zero attached hydrogens (tertiary/aromatic N) is 1. The average Bonchev–Trinajstić information content (AvgIpc) is 2.71. The van der Waals surface area contributed by atoms with Gasteiger partial charge < -0.3 is 9.88 Å². The number of rotatable bonds is 3. The van der Waals surface area contributed by atoms with Crippen LogP contribution in [-0.2, 0) is 11.3 Å². The van der Waals surface area contributed by atoms with Crippen molar-refractivity contribution < 1.29 is 4.79 Å². The summed E-state index contributed by atoms with van der Waals surface area (Å²) >= 11 is 13.1. The minimum Gasteiger partial charge on any atom is -0.323 e. The molecular weight excluding hydrogens is 293 g/mol. The van der Waals surface area contributed by atoms with Crippen molar-refractivity contribution in [3.05, 3.63) is 44.6 Å². The monoisotopic (exact) mass is 301 g/mol. The number of aromatic nitrogens is 1. The summed E-state index contributed by atoms with van der Waals surface area (Å²) in [6.45, 7) is 0.0746. The number of anilines is 1. The van der Waals surface area contributed by atoms with Crippen molar-refractivity contribution in [2.24, 2.45) is 0 Å². The van der Waals surface area contributed by atoms with E-state index in [1.807, 2.05) is 0 Å². The molecule has 18 heavy (non-hydrogen) atoms. The molecule has 0 radical (unpaired) electrons. The van der Waals surface area contributed by atoms with E-state index >= 15 is 0 Å². The van der Waals surface area contributed by atoms with Crippen LogP contribution in [0.4, 0.5) is 5.69 Å². The molecule has 0 unspecified atom stereocenters. The van der Waals surface area contributed by atoms with Crippen molar-refractivity contribution in [3.8, 4) is 0 Å². The Morgan fingerprint density at radius 1 is 1.44 bits per heavy atom. The third kappa shape index (κ3) is 2.93. The quantitative estimate of drug-likeness (QED) is 0.899. The Labute approximate surface area is 117 Å². The number of carbonyl (C=O) groups excluding carboxylic acids is 1. The summed E-state index contributed by atoms with van der Waals surface area (Å²) in [6, 6.07) is 5.03. The number of halogens is 2. The van der Waals surface area contributed by atoms with E-state index in [0.717, 1.165) is 0 Å². The first-order valence-corrected chi connectivity index (χ1v) is 6.64. The van der Waals surface area contributed by atoms with Gasteiger partial charge in [-0.25, -0.2) is 0 Å². The van der Waals surface area contributed by atoms with E-state index in [1.165, 1.54) is 11.3 Å². The Morgan fingerprint density at radius 3 is 2.89 bits per heavy atom. The van der Waals surface area contributed by atoms with E-state index in [-0.39, 0.29) is 12.5 Å². The van der Waals surface area contributed by atoms with Gasteiger partial charge in [-0.15, -0.1) is 11.3 Å². The first-order valence-electron chi connectivity index (χ1n) is 5.00. The highest BCUT2D eigenvalue weighted by Crippen LogP contribution is 2.29. The van der Waals surface area contributed by atoms with Crippen molar-refractivity contribution in [2.75, 3.05) is 5.32 Å². The van der Waals surface area contributed by atoms with Crippen LogP contribution in [0.3, 0.4) is 0 Å². The van der Waals surface area contributed by atoms with Crippen molar-refractivity contribution in [1.29, 1.82) is 5.41 Å². The Bertz CT molecular complexity index is 635. The molecule has 7 heteroatoms. The van der Waals surface area contributed by atoms with E-state index in [4.69, 9.17) is 28.6 Å². The summed E-state index contributed by atoms with van der Waals surface area (Å²) in [4.78, 5) is 12.1. The maximum absolute atomic E-state index is 11.8. The molecule has 2 aromatic rings. The summed E-state index contributed by atoms with van der Waals surface area (Å²) in [5.41, 5.74) is 0.469. The molecule has 1 amide bonds. The Balaban J connectivity index is 2.10. The van der Waals surface area contributed by atoms with Crippen molar-refractivity contribution in [2.45, 2.75) is 6.54 Å². The maximum atomic E-state index is 11.8. The lowest BCUT2D eigenvalue weighted by Gasteiger charge is -2.08. The minimum atomic E-state index is -0.254. The third-order valence-corrected chi connectivity index (χ3v) is 3.76. The Hall–Kier alpha value is -1.30. The molecule has 2 N–H and O–H groups in total. The van der Waals surface area contributed by atoms with E-state index in [0.29, 0.717) is 20.5 Å². The molecule has 0 bridgehead atoms. The molecule has 94 valence electrons. The van der Waals surface area contributed by atoms with E-state index in [1.54, 1.807) is 34.3 Å². The maximum Gasteiger partial charge on any atom is 0.244 e. The van der Waals surface area contributed by atoms with Gasteiger partial charge in [0.05, 0.1) is 15.7 Å². The Kier molecular flexibility index (Phi) is 4.06. The predicted octanol–water partition coefficient (Wildman–Crippen LogP) is 2.97. The smallest absolute Gasteiger partial charge is 0.244 e. The van der Waals surface area contributed by atoms with E-state index < -0.39 is 0 Å². The predicted molar refractivity (Wildman–Crippen MR) is 73.3 cm³/mol. The molecular formula is C11H9Cl2N3OS. The lowest BCUT2D eigenvalue weighted by Crippen LogP contribution is -2.23. The van der Waals surface area contributed by atoms with E-state index in [2.05, 4.69) is 5.32 Å². The van der Waals surface area contributed by atoms with Gasteiger partial charge in [0, 0.05) is 11.6 Å². The molecule has 2 rings (SSSR count). The number of hydrogen-bond acceptors (Lipinski definition) is 3. The molecule has 0 aliphatic heterocycles. The molecule has 0 spiro atoms. The van der Waals surface area contributed by atoms with Crippen LogP contribution >= 0.6 is 34.5 Å². The summed E-state index contributed by atoms with van der Waals surface area (Å²) in [5, 5.41) is 12.7.